The average molecular weight is 321 g/mol. The van der Waals surface area contributed by atoms with Crippen LogP contribution in [0.3, 0.4) is 0 Å². The minimum Gasteiger partial charge on any atom is -0.333 e. The molecule has 2 heterocycles. The van der Waals surface area contributed by atoms with Crippen LogP contribution in [0.25, 0.3) is 10.8 Å². The highest BCUT2D eigenvalue weighted by Gasteiger charge is 2.19. The molecular formula is C13H11N3O3S2. The number of thiophene rings is 1. The molecule has 108 valence electrons. The van der Waals surface area contributed by atoms with Gasteiger partial charge in [0.05, 0.1) is 10.6 Å². The number of hydrogen-bond acceptors (Lipinski definition) is 6. The van der Waals surface area contributed by atoms with Gasteiger partial charge in [-0.1, -0.05) is 23.4 Å². The molecule has 0 atom stereocenters. The lowest BCUT2D eigenvalue weighted by Gasteiger charge is -2.07. The van der Waals surface area contributed by atoms with Gasteiger partial charge in [-0.2, -0.15) is 4.98 Å². The Morgan fingerprint density at radius 2 is 1.95 bits per heavy atom. The maximum atomic E-state index is 12.3. The molecule has 0 saturated carbocycles. The molecule has 0 unspecified atom stereocenters. The van der Waals surface area contributed by atoms with Crippen molar-refractivity contribution < 1.29 is 12.9 Å². The first-order valence-electron chi connectivity index (χ1n) is 6.02. The molecule has 3 aromatic rings. The van der Waals surface area contributed by atoms with Crippen LogP contribution >= 0.6 is 11.3 Å². The number of aromatic nitrogens is 2. The Kier molecular flexibility index (Phi) is 3.48. The van der Waals surface area contributed by atoms with Gasteiger partial charge in [-0.05, 0) is 30.5 Å². The van der Waals surface area contributed by atoms with Crippen molar-refractivity contribution in [2.24, 2.45) is 0 Å². The lowest BCUT2D eigenvalue weighted by Crippen LogP contribution is -2.12. The molecule has 2 aromatic heterocycles. The van der Waals surface area contributed by atoms with Crippen LogP contribution in [0.2, 0.25) is 0 Å². The largest absolute Gasteiger partial charge is 0.333 e. The maximum Gasteiger partial charge on any atom is 0.270 e. The lowest BCUT2D eigenvalue weighted by molar-refractivity contribution is 0.426. The van der Waals surface area contributed by atoms with Crippen molar-refractivity contribution in [1.29, 1.82) is 0 Å². The second-order valence-corrected chi connectivity index (χ2v) is 6.83. The molecule has 0 aliphatic rings. The number of sulfonamides is 1. The van der Waals surface area contributed by atoms with E-state index < -0.39 is 10.0 Å². The van der Waals surface area contributed by atoms with Gasteiger partial charge in [0.2, 0.25) is 0 Å². The summed E-state index contributed by atoms with van der Waals surface area (Å²) in [5, 5.41) is 5.47. The summed E-state index contributed by atoms with van der Waals surface area (Å²) in [7, 11) is -3.64. The predicted octanol–water partition coefficient (Wildman–Crippen LogP) is 2.91. The van der Waals surface area contributed by atoms with E-state index in [9.17, 15) is 8.42 Å². The molecule has 0 aliphatic carbocycles. The van der Waals surface area contributed by atoms with E-state index in [1.165, 1.54) is 23.5 Å². The minimum atomic E-state index is -3.64. The van der Waals surface area contributed by atoms with Crippen molar-refractivity contribution in [2.75, 3.05) is 4.72 Å². The topological polar surface area (TPSA) is 85.1 Å². The molecule has 0 radical (unpaired) electrons. The fourth-order valence-electron chi connectivity index (χ4n) is 1.75. The number of aryl methyl sites for hydroxylation is 1. The standard InChI is InChI=1S/C13H11N3O3S2/c1-9-14-13(19-15-9)12-11(7-8-20-12)16-21(17,18)10-5-3-2-4-6-10/h2-8,16H,1H3. The number of benzene rings is 1. The summed E-state index contributed by atoms with van der Waals surface area (Å²) >= 11 is 1.33. The van der Waals surface area contributed by atoms with E-state index in [1.54, 1.807) is 36.6 Å². The molecule has 0 fully saturated rings. The third kappa shape index (κ3) is 2.81. The van der Waals surface area contributed by atoms with Crippen molar-refractivity contribution in [3.8, 4) is 10.8 Å². The van der Waals surface area contributed by atoms with E-state index in [2.05, 4.69) is 14.9 Å². The number of anilines is 1. The highest BCUT2D eigenvalue weighted by atomic mass is 32.2. The van der Waals surface area contributed by atoms with Gasteiger partial charge >= 0.3 is 0 Å². The normalized spacial score (nSPS) is 11.5. The summed E-state index contributed by atoms with van der Waals surface area (Å²) in [6.07, 6.45) is 0. The molecule has 6 nitrogen and oxygen atoms in total. The Morgan fingerprint density at radius 1 is 1.19 bits per heavy atom. The zero-order valence-corrected chi connectivity index (χ0v) is 12.6. The van der Waals surface area contributed by atoms with Crippen molar-refractivity contribution in [3.05, 3.63) is 47.6 Å². The summed E-state index contributed by atoms with van der Waals surface area (Å²) in [5.41, 5.74) is 0.424. The van der Waals surface area contributed by atoms with Crippen LogP contribution in [0.4, 0.5) is 5.69 Å². The van der Waals surface area contributed by atoms with Crippen LogP contribution in [-0.4, -0.2) is 18.6 Å². The van der Waals surface area contributed by atoms with Gasteiger partial charge in [0.15, 0.2) is 5.82 Å². The van der Waals surface area contributed by atoms with Gasteiger partial charge in [0.25, 0.3) is 15.9 Å². The molecule has 0 bridgehead atoms. The van der Waals surface area contributed by atoms with Crippen LogP contribution < -0.4 is 4.72 Å². The highest BCUT2D eigenvalue weighted by molar-refractivity contribution is 7.92. The maximum absolute atomic E-state index is 12.3. The fourth-order valence-corrected chi connectivity index (χ4v) is 3.68. The zero-order valence-electron chi connectivity index (χ0n) is 11.0. The Morgan fingerprint density at radius 3 is 2.62 bits per heavy atom. The van der Waals surface area contributed by atoms with Gasteiger partial charge < -0.3 is 4.52 Å². The second-order valence-electron chi connectivity index (χ2n) is 4.23. The van der Waals surface area contributed by atoms with Crippen molar-refractivity contribution in [3.63, 3.8) is 0 Å². The SMILES string of the molecule is Cc1noc(-c2sccc2NS(=O)(=O)c2ccccc2)n1. The average Bonchev–Trinajstić information content (AvgIpc) is 3.08. The Balaban J connectivity index is 1.95. The number of nitrogens with one attached hydrogen (secondary N) is 1. The van der Waals surface area contributed by atoms with Gasteiger partial charge in [-0.15, -0.1) is 11.3 Å². The molecule has 0 amide bonds. The molecule has 21 heavy (non-hydrogen) atoms. The Bertz CT molecular complexity index is 854. The molecular weight excluding hydrogens is 310 g/mol. The third-order valence-electron chi connectivity index (χ3n) is 2.68. The fraction of sp³-hybridized carbons (Fsp3) is 0.0769. The van der Waals surface area contributed by atoms with Gasteiger partial charge in [0, 0.05) is 0 Å². The third-order valence-corrected chi connectivity index (χ3v) is 4.97. The summed E-state index contributed by atoms with van der Waals surface area (Å²) in [6, 6.07) is 9.83. The van der Waals surface area contributed by atoms with Gasteiger partial charge in [0.1, 0.15) is 4.88 Å². The zero-order chi connectivity index (χ0) is 14.9. The summed E-state index contributed by atoms with van der Waals surface area (Å²) in [6.45, 7) is 1.70. The molecule has 0 saturated heterocycles. The molecule has 1 aromatic carbocycles. The number of hydrogen-bond donors (Lipinski definition) is 1. The van der Waals surface area contributed by atoms with Gasteiger partial charge in [-0.3, -0.25) is 4.72 Å². The Hall–Kier alpha value is -2.19. The number of nitrogens with zero attached hydrogens (tertiary/aromatic N) is 2. The van der Waals surface area contributed by atoms with E-state index in [1.807, 2.05) is 0 Å². The second kappa shape index (κ2) is 5.30. The summed E-state index contributed by atoms with van der Waals surface area (Å²) in [5.74, 6) is 0.795. The highest BCUT2D eigenvalue weighted by Crippen LogP contribution is 2.33. The van der Waals surface area contributed by atoms with Gasteiger partial charge in [-0.25, -0.2) is 8.42 Å². The van der Waals surface area contributed by atoms with E-state index in [4.69, 9.17) is 4.52 Å². The van der Waals surface area contributed by atoms with Crippen LogP contribution in [0.1, 0.15) is 5.82 Å². The van der Waals surface area contributed by atoms with E-state index in [-0.39, 0.29) is 4.90 Å². The molecule has 8 heteroatoms. The van der Waals surface area contributed by atoms with Crippen LogP contribution in [0, 0.1) is 6.92 Å². The summed E-state index contributed by atoms with van der Waals surface area (Å²) < 4.78 is 32.3. The van der Waals surface area contributed by atoms with Crippen LogP contribution in [0.15, 0.2) is 51.2 Å². The van der Waals surface area contributed by atoms with Crippen molar-refractivity contribution in [2.45, 2.75) is 11.8 Å². The first-order chi connectivity index (χ1) is 10.1. The molecule has 0 aliphatic heterocycles. The smallest absolute Gasteiger partial charge is 0.270 e. The van der Waals surface area contributed by atoms with Crippen LogP contribution in [0.5, 0.6) is 0 Å². The first kappa shape index (κ1) is 13.8. The first-order valence-corrected chi connectivity index (χ1v) is 8.38. The predicted molar refractivity (Wildman–Crippen MR) is 79.6 cm³/mol. The number of rotatable bonds is 4. The lowest BCUT2D eigenvalue weighted by atomic mass is 10.4. The van der Waals surface area contributed by atoms with E-state index in [0.29, 0.717) is 22.3 Å². The summed E-state index contributed by atoms with van der Waals surface area (Å²) in [4.78, 5) is 4.91. The quantitative estimate of drug-likeness (QED) is 0.798. The monoisotopic (exact) mass is 321 g/mol. The molecule has 3 rings (SSSR count). The van der Waals surface area contributed by atoms with Crippen molar-refractivity contribution >= 4 is 27.0 Å². The minimum absolute atomic E-state index is 0.198. The van der Waals surface area contributed by atoms with E-state index >= 15 is 0 Å². The Labute approximate surface area is 125 Å². The molecule has 1 N–H and O–H groups in total. The van der Waals surface area contributed by atoms with Crippen molar-refractivity contribution in [1.82, 2.24) is 10.1 Å². The van der Waals surface area contributed by atoms with E-state index in [0.717, 1.165) is 0 Å². The van der Waals surface area contributed by atoms with Crippen LogP contribution in [-0.2, 0) is 10.0 Å². The molecule has 0 spiro atoms.